The molecule has 2 aliphatic rings. The van der Waals surface area contributed by atoms with Gasteiger partial charge in [-0.2, -0.15) is 0 Å². The molecule has 1 aliphatic carbocycles. The molecule has 0 bridgehead atoms. The predicted molar refractivity (Wildman–Crippen MR) is 33.1 cm³/mol. The smallest absolute Gasteiger partial charge is 0.0891 e. The van der Waals surface area contributed by atoms with Crippen LogP contribution >= 0.6 is 0 Å². The number of ether oxygens (including phenoxy) is 1. The van der Waals surface area contributed by atoms with Crippen molar-refractivity contribution in [3.63, 3.8) is 0 Å². The monoisotopic (exact) mass is 128 g/mol. The first-order valence-electron chi connectivity index (χ1n) is 3.68. The summed E-state index contributed by atoms with van der Waals surface area (Å²) in [7, 11) is 0. The molecular weight excluding hydrogens is 116 g/mol. The van der Waals surface area contributed by atoms with E-state index in [2.05, 4.69) is 0 Å². The number of fused-ring (bicyclic) bond motifs is 1. The lowest BCUT2D eigenvalue weighted by molar-refractivity contribution is 0.184. The first-order chi connectivity index (χ1) is 4.42. The summed E-state index contributed by atoms with van der Waals surface area (Å²) < 4.78 is 5.32. The Morgan fingerprint density at radius 1 is 1.44 bits per heavy atom. The Morgan fingerprint density at radius 3 is 3.00 bits per heavy atom. The van der Waals surface area contributed by atoms with Crippen molar-refractivity contribution < 1.29 is 9.84 Å². The van der Waals surface area contributed by atoms with Crippen molar-refractivity contribution in [1.29, 1.82) is 0 Å². The lowest BCUT2D eigenvalue weighted by Gasteiger charge is -2.14. The molecule has 3 atom stereocenters. The van der Waals surface area contributed by atoms with Crippen LogP contribution in [0.4, 0.5) is 0 Å². The Morgan fingerprint density at radius 2 is 2.33 bits per heavy atom. The molecule has 2 heteroatoms. The number of hydrogen-bond acceptors (Lipinski definition) is 2. The van der Waals surface area contributed by atoms with E-state index >= 15 is 0 Å². The van der Waals surface area contributed by atoms with E-state index in [-0.39, 0.29) is 0 Å². The van der Waals surface area contributed by atoms with Crippen LogP contribution in [0.2, 0.25) is 0 Å². The molecule has 52 valence electrons. The van der Waals surface area contributed by atoms with Gasteiger partial charge in [0.2, 0.25) is 0 Å². The fourth-order valence-corrected chi connectivity index (χ4v) is 1.74. The fraction of sp³-hybridized carbons (Fsp3) is 1.00. The van der Waals surface area contributed by atoms with Gasteiger partial charge in [0.1, 0.15) is 0 Å². The van der Waals surface area contributed by atoms with Gasteiger partial charge in [0.25, 0.3) is 0 Å². The van der Waals surface area contributed by atoms with Gasteiger partial charge in [-0.15, -0.1) is 0 Å². The SMILES string of the molecule is OC[C@H]1CCC[C@@H]2O[C@H]12. The van der Waals surface area contributed by atoms with Crippen molar-refractivity contribution in [3.05, 3.63) is 0 Å². The van der Waals surface area contributed by atoms with Crippen LogP contribution in [0.25, 0.3) is 0 Å². The standard InChI is InChI=1S/C7H12O2/c8-4-5-2-1-3-6-7(5)9-6/h5-8H,1-4H2/t5-,6+,7-/m1/s1. The summed E-state index contributed by atoms with van der Waals surface area (Å²) in [6.45, 7) is 0.321. The Bertz CT molecular complexity index is 113. The first kappa shape index (κ1) is 5.69. The van der Waals surface area contributed by atoms with E-state index < -0.39 is 0 Å². The average Bonchev–Trinajstić information content (AvgIpc) is 2.64. The molecule has 1 N–H and O–H groups in total. The molecule has 0 radical (unpaired) electrons. The second-order valence-corrected chi connectivity index (χ2v) is 3.01. The summed E-state index contributed by atoms with van der Waals surface area (Å²) in [4.78, 5) is 0. The highest BCUT2D eigenvalue weighted by Crippen LogP contribution is 2.40. The Hall–Kier alpha value is -0.0800. The highest BCUT2D eigenvalue weighted by Gasteiger charge is 2.46. The minimum Gasteiger partial charge on any atom is -0.396 e. The molecule has 0 amide bonds. The maximum Gasteiger partial charge on any atom is 0.0891 e. The molecule has 0 aromatic carbocycles. The molecular formula is C7H12O2. The molecule has 2 nitrogen and oxygen atoms in total. The van der Waals surface area contributed by atoms with Crippen molar-refractivity contribution in [2.45, 2.75) is 31.5 Å². The van der Waals surface area contributed by atoms with E-state index in [4.69, 9.17) is 9.84 Å². The van der Waals surface area contributed by atoms with Crippen molar-refractivity contribution in [2.24, 2.45) is 5.92 Å². The zero-order valence-electron chi connectivity index (χ0n) is 5.42. The number of rotatable bonds is 1. The van der Waals surface area contributed by atoms with E-state index in [0.717, 1.165) is 6.42 Å². The molecule has 0 aromatic rings. The second kappa shape index (κ2) is 1.96. The molecule has 9 heavy (non-hydrogen) atoms. The predicted octanol–water partition coefficient (Wildman–Crippen LogP) is 0.546. The second-order valence-electron chi connectivity index (χ2n) is 3.01. The van der Waals surface area contributed by atoms with Crippen molar-refractivity contribution in [2.75, 3.05) is 6.61 Å². The molecule has 2 fully saturated rings. The fourth-order valence-electron chi connectivity index (χ4n) is 1.74. The number of epoxide rings is 1. The molecule has 1 heterocycles. The van der Waals surface area contributed by atoms with E-state index in [1.807, 2.05) is 0 Å². The molecule has 1 saturated heterocycles. The number of hydrogen-bond donors (Lipinski definition) is 1. The third-order valence-electron chi connectivity index (χ3n) is 2.38. The topological polar surface area (TPSA) is 32.8 Å². The van der Waals surface area contributed by atoms with E-state index in [1.54, 1.807) is 0 Å². The molecule has 0 unspecified atom stereocenters. The van der Waals surface area contributed by atoms with E-state index in [0.29, 0.717) is 24.7 Å². The van der Waals surface area contributed by atoms with Crippen LogP contribution in [0, 0.1) is 5.92 Å². The lowest BCUT2D eigenvalue weighted by Crippen LogP contribution is -2.19. The van der Waals surface area contributed by atoms with Gasteiger partial charge < -0.3 is 9.84 Å². The first-order valence-corrected chi connectivity index (χ1v) is 3.68. The molecule has 1 aliphatic heterocycles. The van der Waals surface area contributed by atoms with Gasteiger partial charge in [-0.1, -0.05) is 6.42 Å². The van der Waals surface area contributed by atoms with Crippen LogP contribution in [0.3, 0.4) is 0 Å². The Balaban J connectivity index is 1.93. The minimum atomic E-state index is 0.321. The van der Waals surface area contributed by atoms with Crippen molar-refractivity contribution in [3.8, 4) is 0 Å². The van der Waals surface area contributed by atoms with Gasteiger partial charge in [-0.3, -0.25) is 0 Å². The summed E-state index contributed by atoms with van der Waals surface area (Å²) in [5.74, 6) is 0.462. The van der Waals surface area contributed by atoms with Crippen LogP contribution in [-0.2, 0) is 4.74 Å². The van der Waals surface area contributed by atoms with Gasteiger partial charge >= 0.3 is 0 Å². The molecule has 0 spiro atoms. The van der Waals surface area contributed by atoms with Crippen LogP contribution in [0.5, 0.6) is 0 Å². The highest BCUT2D eigenvalue weighted by molar-refractivity contribution is 4.93. The number of aliphatic hydroxyl groups excluding tert-OH is 1. The molecule has 1 saturated carbocycles. The third kappa shape index (κ3) is 0.864. The van der Waals surface area contributed by atoms with Gasteiger partial charge in [-0.25, -0.2) is 0 Å². The zero-order chi connectivity index (χ0) is 6.27. The van der Waals surface area contributed by atoms with E-state index in [9.17, 15) is 0 Å². The Kier molecular flexibility index (Phi) is 1.24. The molecule has 0 aromatic heterocycles. The maximum absolute atomic E-state index is 8.81. The number of aliphatic hydroxyl groups is 1. The normalized spacial score (nSPS) is 48.3. The van der Waals surface area contributed by atoms with Crippen molar-refractivity contribution in [1.82, 2.24) is 0 Å². The van der Waals surface area contributed by atoms with Gasteiger partial charge in [-0.05, 0) is 12.8 Å². The average molecular weight is 128 g/mol. The summed E-state index contributed by atoms with van der Waals surface area (Å²) >= 11 is 0. The highest BCUT2D eigenvalue weighted by atomic mass is 16.6. The van der Waals surface area contributed by atoms with E-state index in [1.165, 1.54) is 12.8 Å². The minimum absolute atomic E-state index is 0.321. The van der Waals surface area contributed by atoms with Crippen LogP contribution in [0.15, 0.2) is 0 Å². The van der Waals surface area contributed by atoms with Crippen LogP contribution < -0.4 is 0 Å². The maximum atomic E-state index is 8.81. The summed E-state index contributed by atoms with van der Waals surface area (Å²) in [5, 5.41) is 8.81. The molecule has 2 rings (SSSR count). The van der Waals surface area contributed by atoms with Crippen LogP contribution in [-0.4, -0.2) is 23.9 Å². The summed E-state index contributed by atoms with van der Waals surface area (Å²) in [6.07, 6.45) is 4.59. The Labute approximate surface area is 54.8 Å². The quantitative estimate of drug-likeness (QED) is 0.523. The third-order valence-corrected chi connectivity index (χ3v) is 2.38. The van der Waals surface area contributed by atoms with Gasteiger partial charge in [0.05, 0.1) is 12.2 Å². The van der Waals surface area contributed by atoms with Gasteiger partial charge in [0.15, 0.2) is 0 Å². The zero-order valence-corrected chi connectivity index (χ0v) is 5.42. The van der Waals surface area contributed by atoms with Crippen LogP contribution in [0.1, 0.15) is 19.3 Å². The van der Waals surface area contributed by atoms with Gasteiger partial charge in [0, 0.05) is 12.5 Å². The summed E-state index contributed by atoms with van der Waals surface area (Å²) in [6, 6.07) is 0. The lowest BCUT2D eigenvalue weighted by atomic mass is 9.90. The largest absolute Gasteiger partial charge is 0.396 e. The van der Waals surface area contributed by atoms with Crippen molar-refractivity contribution >= 4 is 0 Å². The summed E-state index contributed by atoms with van der Waals surface area (Å²) in [5.41, 5.74) is 0.